The second-order valence-electron chi connectivity index (χ2n) is 6.15. The van der Waals surface area contributed by atoms with Gasteiger partial charge in [0, 0.05) is 24.2 Å². The molecule has 3 aromatic rings. The lowest BCUT2D eigenvalue weighted by Gasteiger charge is -2.13. The Bertz CT molecular complexity index is 894. The Balaban J connectivity index is 1.59. The molecule has 0 saturated heterocycles. The molecule has 0 spiro atoms. The Labute approximate surface area is 178 Å². The van der Waals surface area contributed by atoms with Crippen molar-refractivity contribution >= 4 is 39.1 Å². The van der Waals surface area contributed by atoms with Crippen LogP contribution in [0.4, 0.5) is 23.1 Å². The molecule has 3 N–H and O–H groups in total. The number of aliphatic hydroxyl groups is 1. The van der Waals surface area contributed by atoms with Gasteiger partial charge in [0.15, 0.2) is 0 Å². The monoisotopic (exact) mass is 458 g/mol. The predicted molar refractivity (Wildman–Crippen MR) is 117 cm³/mol. The van der Waals surface area contributed by atoms with Gasteiger partial charge in [0.2, 0.25) is 5.95 Å². The molecule has 0 aliphatic carbocycles. The summed E-state index contributed by atoms with van der Waals surface area (Å²) >= 11 is 3.47. The first-order valence-corrected chi connectivity index (χ1v) is 10.0. The third-order valence-electron chi connectivity index (χ3n) is 3.85. The second-order valence-corrected chi connectivity index (χ2v) is 7.01. The van der Waals surface area contributed by atoms with Gasteiger partial charge >= 0.3 is 0 Å². The molecule has 3 rings (SSSR count). The first-order valence-electron chi connectivity index (χ1n) is 9.24. The Morgan fingerprint density at radius 3 is 2.45 bits per heavy atom. The first-order chi connectivity index (χ1) is 14.1. The number of nitrogens with one attached hydrogen (secondary N) is 2. The van der Waals surface area contributed by atoms with E-state index in [1.807, 2.05) is 61.5 Å². The van der Waals surface area contributed by atoms with Crippen molar-refractivity contribution in [1.29, 1.82) is 0 Å². The van der Waals surface area contributed by atoms with Crippen molar-refractivity contribution in [3.05, 3.63) is 65.3 Å². The quantitative estimate of drug-likeness (QED) is 0.411. The van der Waals surface area contributed by atoms with Crippen molar-refractivity contribution in [3.8, 4) is 5.75 Å². The minimum absolute atomic E-state index is 0.178. The summed E-state index contributed by atoms with van der Waals surface area (Å²) in [5, 5.41) is 16.2. The van der Waals surface area contributed by atoms with E-state index in [2.05, 4.69) is 36.5 Å². The van der Waals surface area contributed by atoms with Crippen molar-refractivity contribution in [2.24, 2.45) is 0 Å². The summed E-state index contributed by atoms with van der Waals surface area (Å²) in [7, 11) is 0. The van der Waals surface area contributed by atoms with E-state index in [0.29, 0.717) is 24.1 Å². The minimum Gasteiger partial charge on any atom is -0.491 e. The predicted octanol–water partition coefficient (Wildman–Crippen LogP) is 4.50. The standard InChI is InChI=1S/C21H23BrN4O3/c1-2-28-13-17(27)14-29-18-10-8-16(9-11-18)25-21-23-12-19(22)20(26-21)24-15-6-4-3-5-7-15/h3-12,17,27H,2,13-14H2,1H3,(H2,23,24,25,26). The molecular weight excluding hydrogens is 436 g/mol. The van der Waals surface area contributed by atoms with Gasteiger partial charge in [-0.05, 0) is 59.3 Å². The summed E-state index contributed by atoms with van der Waals surface area (Å²) in [5.41, 5.74) is 1.76. The van der Waals surface area contributed by atoms with E-state index >= 15 is 0 Å². The van der Waals surface area contributed by atoms with Crippen LogP contribution in [0.3, 0.4) is 0 Å². The lowest BCUT2D eigenvalue weighted by Crippen LogP contribution is -2.23. The highest BCUT2D eigenvalue weighted by molar-refractivity contribution is 9.10. The van der Waals surface area contributed by atoms with Crippen LogP contribution < -0.4 is 15.4 Å². The number of halogens is 1. The van der Waals surface area contributed by atoms with Crippen LogP contribution in [0.1, 0.15) is 6.92 Å². The van der Waals surface area contributed by atoms with Crippen molar-refractivity contribution in [3.63, 3.8) is 0 Å². The van der Waals surface area contributed by atoms with Gasteiger partial charge in [-0.3, -0.25) is 0 Å². The number of anilines is 4. The van der Waals surface area contributed by atoms with Crippen LogP contribution >= 0.6 is 15.9 Å². The van der Waals surface area contributed by atoms with Crippen LogP contribution in [-0.4, -0.2) is 41.0 Å². The number of benzene rings is 2. The maximum atomic E-state index is 9.76. The number of rotatable bonds is 10. The molecule has 152 valence electrons. The van der Waals surface area contributed by atoms with E-state index in [0.717, 1.165) is 15.8 Å². The molecule has 0 bridgehead atoms. The molecule has 2 aromatic carbocycles. The molecule has 0 radical (unpaired) electrons. The van der Waals surface area contributed by atoms with Gasteiger partial charge < -0.3 is 25.2 Å². The van der Waals surface area contributed by atoms with Crippen LogP contribution in [-0.2, 0) is 4.74 Å². The lowest BCUT2D eigenvalue weighted by atomic mass is 10.3. The summed E-state index contributed by atoms with van der Waals surface area (Å²) < 4.78 is 11.5. The Morgan fingerprint density at radius 2 is 1.72 bits per heavy atom. The summed E-state index contributed by atoms with van der Waals surface area (Å²) in [4.78, 5) is 8.81. The van der Waals surface area contributed by atoms with E-state index in [9.17, 15) is 5.11 Å². The number of ether oxygens (including phenoxy) is 2. The summed E-state index contributed by atoms with van der Waals surface area (Å²) in [6.45, 7) is 2.89. The van der Waals surface area contributed by atoms with Crippen LogP contribution in [0.25, 0.3) is 0 Å². The largest absolute Gasteiger partial charge is 0.491 e. The number of aliphatic hydroxyl groups excluding tert-OH is 1. The minimum atomic E-state index is -0.653. The first kappa shape index (κ1) is 21.0. The maximum absolute atomic E-state index is 9.76. The Hall–Kier alpha value is -2.68. The fourth-order valence-corrected chi connectivity index (χ4v) is 2.72. The van der Waals surface area contributed by atoms with Crippen LogP contribution in [0, 0.1) is 0 Å². The smallest absolute Gasteiger partial charge is 0.229 e. The van der Waals surface area contributed by atoms with E-state index in [1.165, 1.54) is 0 Å². The molecule has 1 unspecified atom stereocenters. The lowest BCUT2D eigenvalue weighted by molar-refractivity contribution is 0.0164. The zero-order chi connectivity index (χ0) is 20.5. The molecule has 1 heterocycles. The van der Waals surface area contributed by atoms with Crippen molar-refractivity contribution < 1.29 is 14.6 Å². The maximum Gasteiger partial charge on any atom is 0.229 e. The Morgan fingerprint density at radius 1 is 1.00 bits per heavy atom. The van der Waals surface area contributed by atoms with Gasteiger partial charge in [-0.25, -0.2) is 4.98 Å². The summed E-state index contributed by atoms with van der Waals surface area (Å²) in [5.74, 6) is 1.79. The summed E-state index contributed by atoms with van der Waals surface area (Å²) in [6, 6.07) is 17.2. The molecule has 8 heteroatoms. The van der Waals surface area contributed by atoms with Crippen LogP contribution in [0.5, 0.6) is 5.75 Å². The molecule has 1 atom stereocenters. The fraction of sp³-hybridized carbons (Fsp3) is 0.238. The average Bonchev–Trinajstić information content (AvgIpc) is 2.75. The molecule has 0 amide bonds. The van der Waals surface area contributed by atoms with Crippen LogP contribution in [0.2, 0.25) is 0 Å². The molecule has 0 saturated carbocycles. The normalized spacial score (nSPS) is 11.7. The van der Waals surface area contributed by atoms with E-state index in [-0.39, 0.29) is 13.2 Å². The molecule has 7 nitrogen and oxygen atoms in total. The molecule has 1 aromatic heterocycles. The van der Waals surface area contributed by atoms with Crippen molar-refractivity contribution in [1.82, 2.24) is 9.97 Å². The van der Waals surface area contributed by atoms with Gasteiger partial charge in [0.25, 0.3) is 0 Å². The average molecular weight is 459 g/mol. The fourth-order valence-electron chi connectivity index (χ4n) is 2.43. The third-order valence-corrected chi connectivity index (χ3v) is 4.43. The highest BCUT2D eigenvalue weighted by Gasteiger charge is 2.07. The second kappa shape index (κ2) is 10.8. The topological polar surface area (TPSA) is 88.5 Å². The van der Waals surface area contributed by atoms with Gasteiger partial charge in [-0.2, -0.15) is 4.98 Å². The van der Waals surface area contributed by atoms with E-state index in [4.69, 9.17) is 9.47 Å². The number of aromatic nitrogens is 2. The van der Waals surface area contributed by atoms with Gasteiger partial charge in [-0.1, -0.05) is 18.2 Å². The molecule has 0 fully saturated rings. The van der Waals surface area contributed by atoms with Crippen LogP contribution in [0.15, 0.2) is 65.3 Å². The van der Waals surface area contributed by atoms with E-state index in [1.54, 1.807) is 6.20 Å². The molecular formula is C21H23BrN4O3. The number of hydrogen-bond donors (Lipinski definition) is 3. The van der Waals surface area contributed by atoms with Gasteiger partial charge in [0.05, 0.1) is 11.1 Å². The Kier molecular flexibility index (Phi) is 7.80. The number of nitrogens with zero attached hydrogens (tertiary/aromatic N) is 2. The molecule has 0 aliphatic rings. The highest BCUT2D eigenvalue weighted by Crippen LogP contribution is 2.25. The van der Waals surface area contributed by atoms with Crippen molar-refractivity contribution in [2.45, 2.75) is 13.0 Å². The summed E-state index contributed by atoms with van der Waals surface area (Å²) in [6.07, 6.45) is 1.04. The zero-order valence-electron chi connectivity index (χ0n) is 16.0. The van der Waals surface area contributed by atoms with Gasteiger partial charge in [0.1, 0.15) is 24.3 Å². The SMILES string of the molecule is CCOCC(O)COc1ccc(Nc2ncc(Br)c(Nc3ccccc3)n2)cc1. The van der Waals surface area contributed by atoms with E-state index < -0.39 is 6.10 Å². The molecule has 0 aliphatic heterocycles. The number of hydrogen-bond acceptors (Lipinski definition) is 7. The van der Waals surface area contributed by atoms with Crippen molar-refractivity contribution in [2.75, 3.05) is 30.5 Å². The highest BCUT2D eigenvalue weighted by atomic mass is 79.9. The van der Waals surface area contributed by atoms with Gasteiger partial charge in [-0.15, -0.1) is 0 Å². The zero-order valence-corrected chi connectivity index (χ0v) is 17.6. The number of para-hydroxylation sites is 1. The molecule has 29 heavy (non-hydrogen) atoms. The third kappa shape index (κ3) is 6.70.